The molecule has 0 aliphatic rings. The Morgan fingerprint density at radius 3 is 2.38 bits per heavy atom. The molecule has 2 aromatic carbocycles. The zero-order valence-electron chi connectivity index (χ0n) is 13.0. The van der Waals surface area contributed by atoms with Crippen molar-refractivity contribution in [2.75, 3.05) is 12.4 Å². The summed E-state index contributed by atoms with van der Waals surface area (Å²) >= 11 is 5.94. The summed E-state index contributed by atoms with van der Waals surface area (Å²) in [5.41, 5.74) is 0.123. The molecule has 0 saturated carbocycles. The molecule has 2 rings (SSSR count). The molecule has 0 aliphatic heterocycles. The highest BCUT2D eigenvalue weighted by Gasteiger charge is 2.17. The van der Waals surface area contributed by atoms with E-state index < -0.39 is 16.9 Å². The fourth-order valence-corrected chi connectivity index (χ4v) is 2.09. The van der Waals surface area contributed by atoms with Crippen molar-refractivity contribution in [1.82, 2.24) is 0 Å². The highest BCUT2D eigenvalue weighted by atomic mass is 35.5. The summed E-state index contributed by atoms with van der Waals surface area (Å²) in [6.45, 7) is 1.58. The Labute approximate surface area is 143 Å². The van der Waals surface area contributed by atoms with E-state index in [4.69, 9.17) is 21.1 Å². The lowest BCUT2D eigenvalue weighted by Gasteiger charge is -2.15. The average molecular weight is 351 g/mol. The molecule has 0 bridgehead atoms. The van der Waals surface area contributed by atoms with Crippen LogP contribution in [0.25, 0.3) is 0 Å². The number of rotatable bonds is 6. The van der Waals surface area contributed by atoms with Gasteiger partial charge in [-0.3, -0.25) is 14.9 Å². The molecule has 0 heterocycles. The first-order chi connectivity index (χ1) is 11.4. The predicted molar refractivity (Wildman–Crippen MR) is 89.8 cm³/mol. The van der Waals surface area contributed by atoms with Crippen LogP contribution in [0.1, 0.15) is 6.92 Å². The molecule has 0 fully saturated rings. The fraction of sp³-hybridized carbons (Fsp3) is 0.188. The molecular weight excluding hydrogens is 336 g/mol. The van der Waals surface area contributed by atoms with Gasteiger partial charge in [-0.15, -0.1) is 0 Å². The van der Waals surface area contributed by atoms with Crippen molar-refractivity contribution in [3.8, 4) is 11.5 Å². The van der Waals surface area contributed by atoms with Crippen molar-refractivity contribution in [1.29, 1.82) is 0 Å². The Kier molecular flexibility index (Phi) is 5.59. The molecule has 0 spiro atoms. The summed E-state index contributed by atoms with van der Waals surface area (Å²) in [5.74, 6) is 0.756. The maximum Gasteiger partial charge on any atom is 0.271 e. The molecule has 126 valence electrons. The molecule has 1 unspecified atom stereocenters. The van der Waals surface area contributed by atoms with E-state index in [9.17, 15) is 14.9 Å². The standard InChI is InChI=1S/C16H15ClN2O5/c1-10(24-13-6-4-12(23-2)5-7-13)16(20)18-15-8-3-11(19(21)22)9-14(15)17/h3-10H,1-2H3,(H,18,20). The van der Waals surface area contributed by atoms with E-state index in [1.807, 2.05) is 0 Å². The van der Waals surface area contributed by atoms with Gasteiger partial charge < -0.3 is 14.8 Å². The minimum Gasteiger partial charge on any atom is -0.497 e. The Bertz CT molecular complexity index is 749. The van der Waals surface area contributed by atoms with Gasteiger partial charge in [-0.2, -0.15) is 0 Å². The largest absolute Gasteiger partial charge is 0.497 e. The van der Waals surface area contributed by atoms with Gasteiger partial charge in [0.25, 0.3) is 11.6 Å². The first-order valence-corrected chi connectivity index (χ1v) is 7.34. The number of non-ortho nitro benzene ring substituents is 1. The van der Waals surface area contributed by atoms with Crippen LogP contribution in [0.5, 0.6) is 11.5 Å². The first-order valence-electron chi connectivity index (χ1n) is 6.96. The number of ether oxygens (including phenoxy) is 2. The van der Waals surface area contributed by atoms with Crippen molar-refractivity contribution < 1.29 is 19.2 Å². The van der Waals surface area contributed by atoms with Crippen LogP contribution in [0.2, 0.25) is 5.02 Å². The number of halogens is 1. The average Bonchev–Trinajstić information content (AvgIpc) is 2.57. The molecule has 1 amide bonds. The van der Waals surface area contributed by atoms with Crippen LogP contribution in [0, 0.1) is 10.1 Å². The maximum absolute atomic E-state index is 12.2. The van der Waals surface area contributed by atoms with Crippen LogP contribution in [0.3, 0.4) is 0 Å². The summed E-state index contributed by atoms with van der Waals surface area (Å²) in [6.07, 6.45) is -0.787. The number of nitro groups is 1. The van der Waals surface area contributed by atoms with E-state index in [0.717, 1.165) is 0 Å². The van der Waals surface area contributed by atoms with E-state index in [2.05, 4.69) is 5.32 Å². The van der Waals surface area contributed by atoms with E-state index in [1.165, 1.54) is 18.2 Å². The molecule has 24 heavy (non-hydrogen) atoms. The van der Waals surface area contributed by atoms with Crippen molar-refractivity contribution in [2.45, 2.75) is 13.0 Å². The van der Waals surface area contributed by atoms with E-state index in [-0.39, 0.29) is 16.4 Å². The topological polar surface area (TPSA) is 90.7 Å². The normalized spacial score (nSPS) is 11.5. The second-order valence-electron chi connectivity index (χ2n) is 4.85. The number of methoxy groups -OCH3 is 1. The number of hydrogen-bond donors (Lipinski definition) is 1. The predicted octanol–water partition coefficient (Wildman–Crippen LogP) is 3.66. The summed E-state index contributed by atoms with van der Waals surface area (Å²) in [6, 6.07) is 10.6. The number of nitro benzene ring substituents is 1. The Morgan fingerprint density at radius 1 is 1.21 bits per heavy atom. The molecule has 7 nitrogen and oxygen atoms in total. The minimum atomic E-state index is -0.787. The van der Waals surface area contributed by atoms with Gasteiger partial charge in [-0.05, 0) is 37.3 Å². The number of nitrogens with zero attached hydrogens (tertiary/aromatic N) is 1. The molecule has 1 atom stereocenters. The van der Waals surface area contributed by atoms with E-state index in [0.29, 0.717) is 11.5 Å². The lowest BCUT2D eigenvalue weighted by Crippen LogP contribution is -2.30. The minimum absolute atomic E-state index is 0.0780. The quantitative estimate of drug-likeness (QED) is 0.634. The third kappa shape index (κ3) is 4.36. The summed E-state index contributed by atoms with van der Waals surface area (Å²) in [5, 5.41) is 13.3. The van der Waals surface area contributed by atoms with Crippen LogP contribution in [-0.2, 0) is 4.79 Å². The summed E-state index contributed by atoms with van der Waals surface area (Å²) in [7, 11) is 1.56. The van der Waals surface area contributed by atoms with Gasteiger partial charge in [0, 0.05) is 12.1 Å². The lowest BCUT2D eigenvalue weighted by molar-refractivity contribution is -0.384. The van der Waals surface area contributed by atoms with Crippen molar-refractivity contribution in [3.63, 3.8) is 0 Å². The van der Waals surface area contributed by atoms with Crippen molar-refractivity contribution >= 4 is 28.9 Å². The number of benzene rings is 2. The van der Waals surface area contributed by atoms with Gasteiger partial charge in [-0.1, -0.05) is 11.6 Å². The van der Waals surface area contributed by atoms with Crippen molar-refractivity contribution in [2.24, 2.45) is 0 Å². The van der Waals surface area contributed by atoms with Gasteiger partial charge in [0.1, 0.15) is 11.5 Å². The van der Waals surface area contributed by atoms with Gasteiger partial charge >= 0.3 is 0 Å². The van der Waals surface area contributed by atoms with E-state index >= 15 is 0 Å². The molecule has 0 radical (unpaired) electrons. The van der Waals surface area contributed by atoms with Crippen LogP contribution < -0.4 is 14.8 Å². The Hall–Kier alpha value is -2.80. The number of carbonyl (C=O) groups excluding carboxylic acids is 1. The zero-order valence-corrected chi connectivity index (χ0v) is 13.7. The second kappa shape index (κ2) is 7.65. The first kappa shape index (κ1) is 17.6. The molecule has 0 saturated heterocycles. The number of nitrogens with one attached hydrogen (secondary N) is 1. The second-order valence-corrected chi connectivity index (χ2v) is 5.25. The summed E-state index contributed by atoms with van der Waals surface area (Å²) in [4.78, 5) is 22.3. The van der Waals surface area contributed by atoms with Crippen molar-refractivity contribution in [3.05, 3.63) is 57.6 Å². The number of carbonyl (C=O) groups is 1. The van der Waals surface area contributed by atoms with Gasteiger partial charge in [-0.25, -0.2) is 0 Å². The molecule has 8 heteroatoms. The maximum atomic E-state index is 12.2. The Balaban J connectivity index is 2.01. The molecule has 2 aromatic rings. The lowest BCUT2D eigenvalue weighted by atomic mass is 10.2. The monoisotopic (exact) mass is 350 g/mol. The van der Waals surface area contributed by atoms with Crippen LogP contribution >= 0.6 is 11.6 Å². The van der Waals surface area contributed by atoms with Crippen LogP contribution in [0.15, 0.2) is 42.5 Å². The highest BCUT2D eigenvalue weighted by Crippen LogP contribution is 2.27. The molecule has 1 N–H and O–H groups in total. The smallest absolute Gasteiger partial charge is 0.271 e. The van der Waals surface area contributed by atoms with Crippen LogP contribution in [0.4, 0.5) is 11.4 Å². The number of amides is 1. The van der Waals surface area contributed by atoms with E-state index in [1.54, 1.807) is 38.3 Å². The Morgan fingerprint density at radius 2 is 1.83 bits per heavy atom. The number of anilines is 1. The number of hydrogen-bond acceptors (Lipinski definition) is 5. The summed E-state index contributed by atoms with van der Waals surface area (Å²) < 4.78 is 10.6. The van der Waals surface area contributed by atoms with Gasteiger partial charge in [0.05, 0.1) is 22.7 Å². The SMILES string of the molecule is COc1ccc(OC(C)C(=O)Nc2ccc([N+](=O)[O-])cc2Cl)cc1. The molecule has 0 aliphatic carbocycles. The van der Waals surface area contributed by atoms with Crippen LogP contribution in [-0.4, -0.2) is 24.0 Å². The highest BCUT2D eigenvalue weighted by molar-refractivity contribution is 6.34. The van der Waals surface area contributed by atoms with Gasteiger partial charge in [0.15, 0.2) is 6.10 Å². The third-order valence-corrected chi connectivity index (χ3v) is 3.48. The molecular formula is C16H15ClN2O5. The third-order valence-electron chi connectivity index (χ3n) is 3.16. The fourth-order valence-electron chi connectivity index (χ4n) is 1.87. The van der Waals surface area contributed by atoms with Gasteiger partial charge in [0.2, 0.25) is 0 Å². The molecule has 0 aromatic heterocycles. The zero-order chi connectivity index (χ0) is 17.7.